The maximum Gasteiger partial charge on any atom is 0.138 e. The number of anilines is 2. The molecule has 16 heavy (non-hydrogen) atoms. The fraction of sp³-hybridized carbons (Fsp3) is 0.100. The maximum atomic E-state index is 13.3. The number of hydrogen-bond acceptors (Lipinski definition) is 4. The van der Waals surface area contributed by atoms with E-state index in [2.05, 4.69) is 10.3 Å². The summed E-state index contributed by atoms with van der Waals surface area (Å²) < 4.78 is 13.8. The lowest BCUT2D eigenvalue weighted by Gasteiger charge is -2.08. The molecule has 2 rings (SSSR count). The van der Waals surface area contributed by atoms with E-state index >= 15 is 0 Å². The Morgan fingerprint density at radius 1 is 1.50 bits per heavy atom. The second-order valence-corrected chi connectivity index (χ2v) is 5.27. The second kappa shape index (κ2) is 4.96. The molecular formula is C10H9FIN3S. The van der Waals surface area contributed by atoms with Crippen LogP contribution in [0.1, 0.15) is 5.01 Å². The molecule has 1 aromatic heterocycles. The van der Waals surface area contributed by atoms with Crippen molar-refractivity contribution in [3.63, 3.8) is 0 Å². The van der Waals surface area contributed by atoms with Crippen molar-refractivity contribution >= 4 is 45.3 Å². The van der Waals surface area contributed by atoms with Gasteiger partial charge in [-0.05, 0) is 28.7 Å². The predicted octanol–water partition coefficient (Wildman–Crippen LogP) is 3.08. The summed E-state index contributed by atoms with van der Waals surface area (Å²) in [6, 6.07) is 3.02. The van der Waals surface area contributed by atoms with Gasteiger partial charge in [0.25, 0.3) is 0 Å². The van der Waals surface area contributed by atoms with Crippen molar-refractivity contribution in [3.8, 4) is 0 Å². The minimum Gasteiger partial charge on any atom is -0.397 e. The number of thiazole rings is 1. The van der Waals surface area contributed by atoms with Crippen molar-refractivity contribution in [2.24, 2.45) is 0 Å². The first-order valence-corrected chi connectivity index (χ1v) is 6.49. The number of benzene rings is 1. The van der Waals surface area contributed by atoms with Crippen LogP contribution in [0, 0.1) is 9.39 Å². The standard InChI is InChI=1S/C10H9FIN3S/c11-6-3-9(8(13)4-7(6)12)15-5-10-14-1-2-16-10/h1-4,15H,5,13H2. The fourth-order valence-electron chi connectivity index (χ4n) is 1.23. The van der Waals surface area contributed by atoms with Gasteiger partial charge in [0, 0.05) is 17.6 Å². The zero-order valence-corrected chi connectivity index (χ0v) is 11.2. The molecule has 3 N–H and O–H groups in total. The van der Waals surface area contributed by atoms with E-state index in [0.717, 1.165) is 5.01 Å². The molecule has 6 heteroatoms. The van der Waals surface area contributed by atoms with Crippen molar-refractivity contribution < 1.29 is 4.39 Å². The third-order valence-electron chi connectivity index (χ3n) is 2.01. The first-order chi connectivity index (χ1) is 7.66. The second-order valence-electron chi connectivity index (χ2n) is 3.13. The van der Waals surface area contributed by atoms with E-state index in [1.54, 1.807) is 23.6 Å². The Hall–Kier alpha value is -0.890. The van der Waals surface area contributed by atoms with Crippen molar-refractivity contribution in [3.05, 3.63) is 38.1 Å². The molecule has 0 bridgehead atoms. The van der Waals surface area contributed by atoms with E-state index < -0.39 is 0 Å². The van der Waals surface area contributed by atoms with Crippen LogP contribution in [0.4, 0.5) is 15.8 Å². The van der Waals surface area contributed by atoms with Gasteiger partial charge >= 0.3 is 0 Å². The predicted molar refractivity (Wildman–Crippen MR) is 73.0 cm³/mol. The lowest BCUT2D eigenvalue weighted by atomic mass is 10.2. The molecule has 0 saturated heterocycles. The summed E-state index contributed by atoms with van der Waals surface area (Å²) >= 11 is 3.46. The highest BCUT2D eigenvalue weighted by Crippen LogP contribution is 2.24. The Labute approximate surface area is 110 Å². The van der Waals surface area contributed by atoms with Crippen molar-refractivity contribution in [1.29, 1.82) is 0 Å². The summed E-state index contributed by atoms with van der Waals surface area (Å²) in [6.07, 6.45) is 1.74. The molecule has 84 valence electrons. The molecule has 0 spiro atoms. The minimum absolute atomic E-state index is 0.267. The number of hydrogen-bond donors (Lipinski definition) is 2. The molecular weight excluding hydrogens is 340 g/mol. The topological polar surface area (TPSA) is 50.9 Å². The van der Waals surface area contributed by atoms with E-state index in [-0.39, 0.29) is 5.82 Å². The molecule has 2 aromatic rings. The average Bonchev–Trinajstić information content (AvgIpc) is 2.74. The summed E-state index contributed by atoms with van der Waals surface area (Å²) in [5, 5.41) is 5.90. The zero-order chi connectivity index (χ0) is 11.5. The maximum absolute atomic E-state index is 13.3. The SMILES string of the molecule is Nc1cc(I)c(F)cc1NCc1nccs1. The quantitative estimate of drug-likeness (QED) is 0.662. The number of nitrogen functional groups attached to an aromatic ring is 1. The number of rotatable bonds is 3. The zero-order valence-electron chi connectivity index (χ0n) is 8.21. The summed E-state index contributed by atoms with van der Waals surface area (Å²) in [5.41, 5.74) is 6.93. The van der Waals surface area contributed by atoms with E-state index in [9.17, 15) is 4.39 Å². The van der Waals surface area contributed by atoms with Crippen LogP contribution in [0.5, 0.6) is 0 Å². The van der Waals surface area contributed by atoms with Gasteiger partial charge < -0.3 is 11.1 Å². The van der Waals surface area contributed by atoms with E-state index in [1.807, 2.05) is 28.0 Å². The van der Waals surface area contributed by atoms with Gasteiger partial charge in [-0.2, -0.15) is 0 Å². The van der Waals surface area contributed by atoms with Crippen molar-refractivity contribution in [2.75, 3.05) is 11.1 Å². The summed E-state index contributed by atoms with van der Waals surface area (Å²) in [4.78, 5) is 4.12. The summed E-state index contributed by atoms with van der Waals surface area (Å²) in [6.45, 7) is 0.557. The summed E-state index contributed by atoms with van der Waals surface area (Å²) in [5.74, 6) is -0.267. The molecule has 0 aliphatic rings. The van der Waals surface area contributed by atoms with Crippen LogP contribution in [-0.4, -0.2) is 4.98 Å². The van der Waals surface area contributed by atoms with Crippen LogP contribution in [-0.2, 0) is 6.54 Å². The molecule has 0 radical (unpaired) electrons. The van der Waals surface area contributed by atoms with Crippen LogP contribution in [0.15, 0.2) is 23.7 Å². The minimum atomic E-state index is -0.267. The third kappa shape index (κ3) is 2.62. The molecule has 0 saturated carbocycles. The Morgan fingerprint density at radius 2 is 2.31 bits per heavy atom. The van der Waals surface area contributed by atoms with Gasteiger partial charge in [0.2, 0.25) is 0 Å². The molecule has 3 nitrogen and oxygen atoms in total. The number of nitrogens with one attached hydrogen (secondary N) is 1. The molecule has 0 aliphatic carbocycles. The van der Waals surface area contributed by atoms with Gasteiger partial charge in [-0.1, -0.05) is 0 Å². The molecule has 1 heterocycles. The molecule has 0 fully saturated rings. The van der Waals surface area contributed by atoms with Gasteiger partial charge in [-0.25, -0.2) is 9.37 Å². The van der Waals surface area contributed by atoms with Crippen LogP contribution in [0.2, 0.25) is 0 Å². The van der Waals surface area contributed by atoms with Gasteiger partial charge in [0.15, 0.2) is 0 Å². The lowest BCUT2D eigenvalue weighted by molar-refractivity contribution is 0.621. The highest BCUT2D eigenvalue weighted by atomic mass is 127. The van der Waals surface area contributed by atoms with E-state index in [0.29, 0.717) is 21.5 Å². The number of halogens is 2. The van der Waals surface area contributed by atoms with Crippen LogP contribution < -0.4 is 11.1 Å². The Balaban J connectivity index is 2.12. The van der Waals surface area contributed by atoms with Crippen molar-refractivity contribution in [2.45, 2.75) is 6.54 Å². The Kier molecular flexibility index (Phi) is 3.59. The van der Waals surface area contributed by atoms with E-state index in [1.165, 1.54) is 6.07 Å². The smallest absolute Gasteiger partial charge is 0.138 e. The highest BCUT2D eigenvalue weighted by Gasteiger charge is 2.06. The van der Waals surface area contributed by atoms with Gasteiger partial charge in [-0.15, -0.1) is 11.3 Å². The molecule has 0 atom stereocenters. The van der Waals surface area contributed by atoms with Crippen LogP contribution in [0.25, 0.3) is 0 Å². The van der Waals surface area contributed by atoms with Gasteiger partial charge in [0.1, 0.15) is 10.8 Å². The third-order valence-corrected chi connectivity index (χ3v) is 3.61. The molecule has 1 aromatic carbocycles. The first kappa shape index (κ1) is 11.6. The molecule has 0 amide bonds. The van der Waals surface area contributed by atoms with Gasteiger partial charge in [0.05, 0.1) is 21.5 Å². The van der Waals surface area contributed by atoms with Crippen molar-refractivity contribution in [1.82, 2.24) is 4.98 Å². The monoisotopic (exact) mass is 349 g/mol. The molecule has 0 aliphatic heterocycles. The first-order valence-electron chi connectivity index (χ1n) is 4.53. The number of nitrogens with zero attached hydrogens (tertiary/aromatic N) is 1. The number of nitrogens with two attached hydrogens (primary N) is 1. The highest BCUT2D eigenvalue weighted by molar-refractivity contribution is 14.1. The average molecular weight is 349 g/mol. The Bertz CT molecular complexity index is 487. The van der Waals surface area contributed by atoms with E-state index in [4.69, 9.17) is 5.73 Å². The fourth-order valence-corrected chi connectivity index (χ4v) is 2.27. The van der Waals surface area contributed by atoms with Gasteiger partial charge in [-0.3, -0.25) is 0 Å². The normalized spacial score (nSPS) is 10.4. The van der Waals surface area contributed by atoms with Crippen LogP contribution in [0.3, 0.4) is 0 Å². The summed E-state index contributed by atoms with van der Waals surface area (Å²) in [7, 11) is 0. The van der Waals surface area contributed by atoms with Crippen LogP contribution >= 0.6 is 33.9 Å². The Morgan fingerprint density at radius 3 is 3.00 bits per heavy atom. The lowest BCUT2D eigenvalue weighted by Crippen LogP contribution is -2.03. The largest absolute Gasteiger partial charge is 0.397 e. The molecule has 0 unspecified atom stereocenters. The number of aromatic nitrogens is 1.